The number of nitrogens with one attached hydrogen (secondary N) is 1. The van der Waals surface area contributed by atoms with Gasteiger partial charge in [-0.25, -0.2) is 0 Å². The first kappa shape index (κ1) is 19.7. The molecule has 1 aromatic rings. The van der Waals surface area contributed by atoms with Gasteiger partial charge in [0.1, 0.15) is 5.75 Å². The van der Waals surface area contributed by atoms with E-state index in [2.05, 4.69) is 10.2 Å². The average molecular weight is 373 g/mol. The second-order valence-electron chi connectivity index (χ2n) is 7.64. The van der Waals surface area contributed by atoms with Crippen LogP contribution >= 0.6 is 0 Å². The van der Waals surface area contributed by atoms with E-state index in [0.717, 1.165) is 13.1 Å². The van der Waals surface area contributed by atoms with Crippen molar-refractivity contribution in [3.05, 3.63) is 24.3 Å². The van der Waals surface area contributed by atoms with Crippen LogP contribution in [0.5, 0.6) is 5.75 Å². The lowest BCUT2D eigenvalue weighted by atomic mass is 10.0. The van der Waals surface area contributed by atoms with E-state index >= 15 is 0 Å². The first-order chi connectivity index (χ1) is 13.1. The molecule has 1 aliphatic heterocycles. The van der Waals surface area contributed by atoms with E-state index in [9.17, 15) is 9.59 Å². The molecule has 6 nitrogen and oxygen atoms in total. The van der Waals surface area contributed by atoms with Gasteiger partial charge in [-0.05, 0) is 37.8 Å². The second kappa shape index (κ2) is 9.22. The lowest BCUT2D eigenvalue weighted by Gasteiger charge is -2.37. The smallest absolute Gasteiger partial charge is 0.241 e. The maximum atomic E-state index is 12.6. The molecule has 1 saturated heterocycles. The number of nitrogens with zero attached hydrogens (tertiary/aromatic N) is 2. The second-order valence-corrected chi connectivity index (χ2v) is 7.64. The highest BCUT2D eigenvalue weighted by molar-refractivity contribution is 5.95. The predicted molar refractivity (Wildman–Crippen MR) is 106 cm³/mol. The molecule has 1 N–H and O–H groups in total. The van der Waals surface area contributed by atoms with Crippen molar-refractivity contribution >= 4 is 17.5 Å². The molecule has 2 amide bonds. The van der Waals surface area contributed by atoms with Crippen molar-refractivity contribution in [2.45, 2.75) is 45.1 Å². The third kappa shape index (κ3) is 5.01. The summed E-state index contributed by atoms with van der Waals surface area (Å²) in [4.78, 5) is 29.2. The van der Waals surface area contributed by atoms with Crippen LogP contribution in [0, 0.1) is 5.92 Å². The molecule has 1 saturated carbocycles. The normalized spacial score (nSPS) is 19.7. The molecule has 1 aromatic carbocycles. The zero-order valence-electron chi connectivity index (χ0n) is 16.4. The minimum absolute atomic E-state index is 0.0507. The van der Waals surface area contributed by atoms with Gasteiger partial charge in [0.2, 0.25) is 11.8 Å². The quantitative estimate of drug-likeness (QED) is 0.833. The minimum atomic E-state index is -0.248. The van der Waals surface area contributed by atoms with Gasteiger partial charge in [-0.2, -0.15) is 0 Å². The number of carbonyl (C=O) groups is 2. The molecule has 0 spiro atoms. The Balaban J connectivity index is 1.48. The molecule has 2 fully saturated rings. The Labute approximate surface area is 161 Å². The maximum absolute atomic E-state index is 12.6. The summed E-state index contributed by atoms with van der Waals surface area (Å²) in [6, 6.07) is 7.16. The number of methoxy groups -OCH3 is 1. The fourth-order valence-corrected chi connectivity index (χ4v) is 4.10. The monoisotopic (exact) mass is 373 g/mol. The molecule has 1 heterocycles. The Morgan fingerprint density at radius 2 is 1.81 bits per heavy atom. The van der Waals surface area contributed by atoms with Crippen LogP contribution in [-0.4, -0.2) is 60.9 Å². The van der Waals surface area contributed by atoms with E-state index in [0.29, 0.717) is 36.9 Å². The van der Waals surface area contributed by atoms with Crippen molar-refractivity contribution in [1.82, 2.24) is 9.80 Å². The average Bonchev–Trinajstić information content (AvgIpc) is 3.21. The Hall–Kier alpha value is -2.08. The number of benzene rings is 1. The molecule has 6 heteroatoms. The van der Waals surface area contributed by atoms with Crippen LogP contribution in [0.25, 0.3) is 0 Å². The topological polar surface area (TPSA) is 61.9 Å². The Morgan fingerprint density at radius 3 is 2.48 bits per heavy atom. The molecular weight excluding hydrogens is 342 g/mol. The molecule has 1 aliphatic carbocycles. The molecule has 148 valence electrons. The number of carbonyl (C=O) groups excluding carboxylic acids is 2. The van der Waals surface area contributed by atoms with Gasteiger partial charge in [0.15, 0.2) is 0 Å². The highest BCUT2D eigenvalue weighted by atomic mass is 16.5. The summed E-state index contributed by atoms with van der Waals surface area (Å²) in [5.74, 6) is 1.47. The molecule has 1 atom stereocenters. The molecule has 0 radical (unpaired) electrons. The molecule has 2 aliphatic rings. The van der Waals surface area contributed by atoms with Gasteiger partial charge in [-0.3, -0.25) is 14.5 Å². The molecule has 3 rings (SSSR count). The zero-order chi connectivity index (χ0) is 19.2. The highest BCUT2D eigenvalue weighted by Gasteiger charge is 2.29. The summed E-state index contributed by atoms with van der Waals surface area (Å²) in [7, 11) is 1.59. The van der Waals surface area contributed by atoms with E-state index in [4.69, 9.17) is 4.74 Å². The third-order valence-corrected chi connectivity index (χ3v) is 5.90. The van der Waals surface area contributed by atoms with Crippen LogP contribution in [0.2, 0.25) is 0 Å². The van der Waals surface area contributed by atoms with Crippen molar-refractivity contribution in [1.29, 1.82) is 0 Å². The Bertz CT molecular complexity index is 650. The third-order valence-electron chi connectivity index (χ3n) is 5.90. The number of anilines is 1. The van der Waals surface area contributed by atoms with E-state index in [1.165, 1.54) is 25.7 Å². The first-order valence-corrected chi connectivity index (χ1v) is 10.0. The summed E-state index contributed by atoms with van der Waals surface area (Å²) in [5.41, 5.74) is 0.683. The number of rotatable bonds is 6. The number of piperazine rings is 1. The molecular formula is C21H31N3O3. The highest BCUT2D eigenvalue weighted by Crippen LogP contribution is 2.28. The SMILES string of the molecule is COc1ccccc1NC(=O)C(C)N1CCN(C(=O)CC2CCCC2)CC1. The van der Waals surface area contributed by atoms with Crippen LogP contribution in [0.15, 0.2) is 24.3 Å². The first-order valence-electron chi connectivity index (χ1n) is 10.0. The standard InChI is InChI=1S/C21H31N3O3/c1-16(21(26)22-18-9-5-6-10-19(18)27-2)23-11-13-24(14-12-23)20(25)15-17-7-3-4-8-17/h5-6,9-10,16-17H,3-4,7-8,11-15H2,1-2H3,(H,22,26). The van der Waals surface area contributed by atoms with Crippen LogP contribution in [0.1, 0.15) is 39.0 Å². The van der Waals surface area contributed by atoms with Crippen LogP contribution in [-0.2, 0) is 9.59 Å². The van der Waals surface area contributed by atoms with Gasteiger partial charge in [-0.1, -0.05) is 25.0 Å². The molecule has 27 heavy (non-hydrogen) atoms. The van der Waals surface area contributed by atoms with Crippen LogP contribution in [0.4, 0.5) is 5.69 Å². The van der Waals surface area contributed by atoms with Gasteiger partial charge in [-0.15, -0.1) is 0 Å². The van der Waals surface area contributed by atoms with E-state index in [1.807, 2.05) is 36.1 Å². The van der Waals surface area contributed by atoms with Crippen LogP contribution in [0.3, 0.4) is 0 Å². The van der Waals surface area contributed by atoms with Gasteiger partial charge in [0.05, 0.1) is 18.8 Å². The number of amides is 2. The van der Waals surface area contributed by atoms with Crippen molar-refractivity contribution < 1.29 is 14.3 Å². The fourth-order valence-electron chi connectivity index (χ4n) is 4.10. The number of hydrogen-bond donors (Lipinski definition) is 1. The van der Waals surface area contributed by atoms with Crippen molar-refractivity contribution in [3.63, 3.8) is 0 Å². The predicted octanol–water partition coefficient (Wildman–Crippen LogP) is 2.75. The van der Waals surface area contributed by atoms with Crippen molar-refractivity contribution in [2.75, 3.05) is 38.6 Å². The summed E-state index contributed by atoms with van der Waals surface area (Å²) < 4.78 is 5.29. The van der Waals surface area contributed by atoms with Crippen molar-refractivity contribution in [2.24, 2.45) is 5.92 Å². The number of para-hydroxylation sites is 2. The summed E-state index contributed by atoms with van der Waals surface area (Å²) in [6.45, 7) is 4.80. The Morgan fingerprint density at radius 1 is 1.15 bits per heavy atom. The molecule has 0 bridgehead atoms. The molecule has 0 aromatic heterocycles. The lowest BCUT2D eigenvalue weighted by Crippen LogP contribution is -2.54. The summed E-state index contributed by atoms with van der Waals surface area (Å²) >= 11 is 0. The van der Waals surface area contributed by atoms with Gasteiger partial charge < -0.3 is 15.0 Å². The minimum Gasteiger partial charge on any atom is -0.495 e. The lowest BCUT2D eigenvalue weighted by molar-refractivity contribution is -0.134. The van der Waals surface area contributed by atoms with Gasteiger partial charge in [0.25, 0.3) is 0 Å². The zero-order valence-corrected chi connectivity index (χ0v) is 16.4. The van der Waals surface area contributed by atoms with Gasteiger partial charge in [0, 0.05) is 32.6 Å². The largest absolute Gasteiger partial charge is 0.495 e. The summed E-state index contributed by atoms with van der Waals surface area (Å²) in [5, 5.41) is 2.95. The van der Waals surface area contributed by atoms with E-state index in [-0.39, 0.29) is 17.9 Å². The maximum Gasteiger partial charge on any atom is 0.241 e. The van der Waals surface area contributed by atoms with Gasteiger partial charge >= 0.3 is 0 Å². The van der Waals surface area contributed by atoms with Crippen molar-refractivity contribution in [3.8, 4) is 5.75 Å². The summed E-state index contributed by atoms with van der Waals surface area (Å²) in [6.07, 6.45) is 5.64. The molecule has 1 unspecified atom stereocenters. The number of hydrogen-bond acceptors (Lipinski definition) is 4. The van der Waals surface area contributed by atoms with E-state index < -0.39 is 0 Å². The van der Waals surface area contributed by atoms with Crippen LogP contribution < -0.4 is 10.1 Å². The Kier molecular flexibility index (Phi) is 6.72. The van der Waals surface area contributed by atoms with E-state index in [1.54, 1.807) is 7.11 Å². The number of ether oxygens (including phenoxy) is 1. The fraction of sp³-hybridized carbons (Fsp3) is 0.619.